The van der Waals surface area contributed by atoms with Gasteiger partial charge in [0, 0.05) is 38.2 Å². The van der Waals surface area contributed by atoms with E-state index in [1.54, 1.807) is 0 Å². The van der Waals surface area contributed by atoms with E-state index in [2.05, 4.69) is 5.32 Å². The predicted molar refractivity (Wildman–Crippen MR) is 122 cm³/mol. The van der Waals surface area contributed by atoms with Gasteiger partial charge in [0.05, 0.1) is 0 Å². The first-order valence-electron chi connectivity index (χ1n) is 11.8. The van der Waals surface area contributed by atoms with Gasteiger partial charge in [-0.1, -0.05) is 32.0 Å². The Morgan fingerprint density at radius 2 is 1.61 bits per heavy atom. The van der Waals surface area contributed by atoms with Crippen LogP contribution in [-0.4, -0.2) is 59.7 Å². The van der Waals surface area contributed by atoms with Crippen LogP contribution in [0.2, 0.25) is 0 Å². The minimum absolute atomic E-state index is 0.0521. The van der Waals surface area contributed by atoms with Crippen molar-refractivity contribution in [1.82, 2.24) is 15.1 Å². The quantitative estimate of drug-likeness (QED) is 0.757. The van der Waals surface area contributed by atoms with E-state index in [9.17, 15) is 14.4 Å². The molecule has 2 heterocycles. The molecule has 6 heteroatoms. The van der Waals surface area contributed by atoms with Gasteiger partial charge in [0.2, 0.25) is 11.8 Å². The van der Waals surface area contributed by atoms with Crippen molar-refractivity contribution in [2.75, 3.05) is 26.2 Å². The maximum absolute atomic E-state index is 13.3. The van der Waals surface area contributed by atoms with Crippen molar-refractivity contribution in [2.24, 2.45) is 11.8 Å². The number of likely N-dealkylation sites (tertiary alicyclic amines) is 2. The molecule has 6 nitrogen and oxygen atoms in total. The normalized spacial score (nSPS) is 18.7. The molecule has 2 saturated heterocycles. The largest absolute Gasteiger partial charge is 0.344 e. The zero-order valence-electron chi connectivity index (χ0n) is 19.2. The van der Waals surface area contributed by atoms with Gasteiger partial charge in [0.1, 0.15) is 6.04 Å². The summed E-state index contributed by atoms with van der Waals surface area (Å²) >= 11 is 0. The van der Waals surface area contributed by atoms with Crippen LogP contribution in [0, 0.1) is 18.8 Å². The third-order valence-corrected chi connectivity index (χ3v) is 6.52. The molecule has 2 fully saturated rings. The summed E-state index contributed by atoms with van der Waals surface area (Å²) in [6, 6.07) is 7.18. The molecular formula is C25H37N3O3. The van der Waals surface area contributed by atoms with Crippen LogP contribution in [0.3, 0.4) is 0 Å². The van der Waals surface area contributed by atoms with E-state index in [0.29, 0.717) is 19.5 Å². The van der Waals surface area contributed by atoms with Crippen molar-refractivity contribution in [3.05, 3.63) is 35.4 Å². The summed E-state index contributed by atoms with van der Waals surface area (Å²) in [5.74, 6) is 0.370. The molecule has 2 aliphatic rings. The number of piperidine rings is 2. The van der Waals surface area contributed by atoms with Gasteiger partial charge in [0.25, 0.3) is 5.91 Å². The SMILES string of the molecule is Cc1ccccc1C(=O)N1CCC([C@@H](NC(=O)CC(C)C)C(=O)N2CCCCC2)CC1. The molecule has 0 aromatic heterocycles. The fraction of sp³-hybridized carbons (Fsp3) is 0.640. The van der Waals surface area contributed by atoms with Crippen LogP contribution >= 0.6 is 0 Å². The first-order chi connectivity index (χ1) is 14.9. The number of aryl methyl sites for hydroxylation is 1. The average molecular weight is 428 g/mol. The number of rotatable bonds is 6. The number of benzene rings is 1. The highest BCUT2D eigenvalue weighted by molar-refractivity contribution is 5.95. The van der Waals surface area contributed by atoms with Crippen LogP contribution < -0.4 is 5.32 Å². The Bertz CT molecular complexity index is 778. The molecule has 2 aliphatic heterocycles. The van der Waals surface area contributed by atoms with E-state index in [1.165, 1.54) is 0 Å². The van der Waals surface area contributed by atoms with Gasteiger partial charge in [-0.2, -0.15) is 0 Å². The summed E-state index contributed by atoms with van der Waals surface area (Å²) in [6.07, 6.45) is 5.10. The molecule has 0 spiro atoms. The molecule has 1 atom stereocenters. The molecule has 170 valence electrons. The number of carbonyl (C=O) groups is 3. The van der Waals surface area contributed by atoms with Gasteiger partial charge in [-0.15, -0.1) is 0 Å². The van der Waals surface area contributed by atoms with E-state index >= 15 is 0 Å². The minimum Gasteiger partial charge on any atom is -0.344 e. The van der Waals surface area contributed by atoms with Crippen LogP contribution in [0.25, 0.3) is 0 Å². The molecule has 3 rings (SSSR count). The number of hydrogen-bond donors (Lipinski definition) is 1. The lowest BCUT2D eigenvalue weighted by molar-refractivity contribution is -0.139. The van der Waals surface area contributed by atoms with Gasteiger partial charge in [-0.05, 0) is 62.5 Å². The zero-order valence-corrected chi connectivity index (χ0v) is 19.2. The van der Waals surface area contributed by atoms with Crippen LogP contribution in [0.5, 0.6) is 0 Å². The van der Waals surface area contributed by atoms with Gasteiger partial charge in [0.15, 0.2) is 0 Å². The highest BCUT2D eigenvalue weighted by Crippen LogP contribution is 2.25. The number of amides is 3. The average Bonchev–Trinajstić information content (AvgIpc) is 2.77. The van der Waals surface area contributed by atoms with Crippen LogP contribution in [0.4, 0.5) is 0 Å². The predicted octanol–water partition coefficient (Wildman–Crippen LogP) is 3.39. The van der Waals surface area contributed by atoms with Crippen molar-refractivity contribution in [1.29, 1.82) is 0 Å². The Morgan fingerprint density at radius 1 is 0.968 bits per heavy atom. The molecular weight excluding hydrogens is 390 g/mol. The Balaban J connectivity index is 1.67. The maximum Gasteiger partial charge on any atom is 0.254 e. The standard InChI is InChI=1S/C25H37N3O3/c1-18(2)17-22(29)26-23(25(31)27-13-7-4-8-14-27)20-11-15-28(16-12-20)24(30)21-10-6-5-9-19(21)3/h5-6,9-10,18,20,23H,4,7-8,11-17H2,1-3H3,(H,26,29)/t23-/m1/s1. The minimum atomic E-state index is -0.486. The molecule has 0 unspecified atom stereocenters. The van der Waals surface area contributed by atoms with Gasteiger partial charge >= 0.3 is 0 Å². The van der Waals surface area contributed by atoms with Gasteiger partial charge in [-0.25, -0.2) is 0 Å². The van der Waals surface area contributed by atoms with E-state index in [-0.39, 0.29) is 29.6 Å². The second-order valence-electron chi connectivity index (χ2n) is 9.47. The maximum atomic E-state index is 13.3. The van der Waals surface area contributed by atoms with Crippen molar-refractivity contribution in [3.8, 4) is 0 Å². The highest BCUT2D eigenvalue weighted by atomic mass is 16.2. The molecule has 1 aromatic carbocycles. The molecule has 31 heavy (non-hydrogen) atoms. The van der Waals surface area contributed by atoms with Crippen molar-refractivity contribution >= 4 is 17.7 Å². The summed E-state index contributed by atoms with van der Waals surface area (Å²) < 4.78 is 0. The summed E-state index contributed by atoms with van der Waals surface area (Å²) in [4.78, 5) is 42.6. The first kappa shape index (κ1) is 23.3. The summed E-state index contributed by atoms with van der Waals surface area (Å²) in [5, 5.41) is 3.07. The van der Waals surface area contributed by atoms with Crippen LogP contribution in [-0.2, 0) is 9.59 Å². The van der Waals surface area contributed by atoms with Gasteiger partial charge < -0.3 is 15.1 Å². The van der Waals surface area contributed by atoms with Crippen molar-refractivity contribution in [3.63, 3.8) is 0 Å². The topological polar surface area (TPSA) is 69.7 Å². The second-order valence-corrected chi connectivity index (χ2v) is 9.47. The monoisotopic (exact) mass is 427 g/mol. The summed E-state index contributed by atoms with van der Waals surface area (Å²) in [5.41, 5.74) is 1.72. The van der Waals surface area contributed by atoms with E-state index in [0.717, 1.165) is 56.3 Å². The molecule has 0 saturated carbocycles. The summed E-state index contributed by atoms with van der Waals surface area (Å²) in [7, 11) is 0. The van der Waals surface area contributed by atoms with Crippen molar-refractivity contribution < 1.29 is 14.4 Å². The highest BCUT2D eigenvalue weighted by Gasteiger charge is 2.36. The Morgan fingerprint density at radius 3 is 2.23 bits per heavy atom. The molecule has 1 aromatic rings. The number of nitrogens with zero attached hydrogens (tertiary/aromatic N) is 2. The second kappa shape index (κ2) is 10.8. The third-order valence-electron chi connectivity index (χ3n) is 6.52. The van der Waals surface area contributed by atoms with Crippen LogP contribution in [0.15, 0.2) is 24.3 Å². The fourth-order valence-corrected chi connectivity index (χ4v) is 4.71. The molecule has 0 aliphatic carbocycles. The van der Waals surface area contributed by atoms with E-state index < -0.39 is 6.04 Å². The summed E-state index contributed by atoms with van der Waals surface area (Å²) in [6.45, 7) is 8.76. The Kier molecular flexibility index (Phi) is 8.10. The van der Waals surface area contributed by atoms with Crippen molar-refractivity contribution in [2.45, 2.75) is 65.3 Å². The van der Waals surface area contributed by atoms with Gasteiger partial charge in [-0.3, -0.25) is 14.4 Å². The fourth-order valence-electron chi connectivity index (χ4n) is 4.71. The molecule has 0 bridgehead atoms. The smallest absolute Gasteiger partial charge is 0.254 e. The van der Waals surface area contributed by atoms with E-state index in [4.69, 9.17) is 0 Å². The first-order valence-corrected chi connectivity index (χ1v) is 11.8. The number of hydrogen-bond acceptors (Lipinski definition) is 3. The molecule has 1 N–H and O–H groups in total. The third kappa shape index (κ3) is 6.08. The lowest BCUT2D eigenvalue weighted by Gasteiger charge is -2.38. The lowest BCUT2D eigenvalue weighted by Crippen LogP contribution is -2.55. The van der Waals surface area contributed by atoms with Crippen LogP contribution in [0.1, 0.15) is 68.3 Å². The Hall–Kier alpha value is -2.37. The Labute approximate surface area is 186 Å². The zero-order chi connectivity index (χ0) is 22.4. The van der Waals surface area contributed by atoms with E-state index in [1.807, 2.05) is 54.8 Å². The molecule has 3 amide bonds. The lowest BCUT2D eigenvalue weighted by atomic mass is 9.87. The number of carbonyl (C=O) groups excluding carboxylic acids is 3. The number of nitrogens with one attached hydrogen (secondary N) is 1. The molecule has 0 radical (unpaired) electrons.